The molecule has 0 bridgehead atoms. The van der Waals surface area contributed by atoms with Gasteiger partial charge in [-0.15, -0.1) is 0 Å². The molecule has 3 rings (SSSR count). The third kappa shape index (κ3) is 3.79. The minimum Gasteiger partial charge on any atom is -0.495 e. The second-order valence-electron chi connectivity index (χ2n) is 6.61. The summed E-state index contributed by atoms with van der Waals surface area (Å²) in [6.45, 7) is 2.32. The molecule has 5 nitrogen and oxygen atoms in total. The predicted octanol–water partition coefficient (Wildman–Crippen LogP) is 2.35. The SMILES string of the molecule is COc1ccc(NC(=O)CN2CC3CCCC(N)C3C2)cc1Cl. The Hall–Kier alpha value is -1.30. The molecule has 0 radical (unpaired) electrons. The Bertz CT molecular complexity index is 581. The fourth-order valence-corrected chi connectivity index (χ4v) is 4.14. The van der Waals surface area contributed by atoms with Crippen LogP contribution in [0, 0.1) is 11.8 Å². The molecular formula is C17H24ClN3O2. The molecule has 2 aliphatic rings. The van der Waals surface area contributed by atoms with Gasteiger partial charge in [0, 0.05) is 24.8 Å². The molecule has 6 heteroatoms. The third-order valence-electron chi connectivity index (χ3n) is 5.03. The summed E-state index contributed by atoms with van der Waals surface area (Å²) < 4.78 is 5.11. The summed E-state index contributed by atoms with van der Waals surface area (Å²) >= 11 is 6.08. The molecule has 1 aliphatic carbocycles. The summed E-state index contributed by atoms with van der Waals surface area (Å²) in [5.74, 6) is 1.79. The van der Waals surface area contributed by atoms with Gasteiger partial charge in [0.25, 0.3) is 0 Å². The Labute approximate surface area is 142 Å². The van der Waals surface area contributed by atoms with Gasteiger partial charge in [-0.05, 0) is 42.9 Å². The molecule has 1 heterocycles. The van der Waals surface area contributed by atoms with Crippen LogP contribution in [0.3, 0.4) is 0 Å². The Kier molecular flexibility index (Phi) is 5.09. The zero-order valence-corrected chi connectivity index (χ0v) is 14.2. The average Bonchev–Trinajstić information content (AvgIpc) is 2.91. The minimum atomic E-state index is -0.0153. The van der Waals surface area contributed by atoms with Crippen LogP contribution in [0.4, 0.5) is 5.69 Å². The van der Waals surface area contributed by atoms with E-state index >= 15 is 0 Å². The van der Waals surface area contributed by atoms with Gasteiger partial charge in [0.2, 0.25) is 5.91 Å². The maximum absolute atomic E-state index is 12.3. The van der Waals surface area contributed by atoms with E-state index in [9.17, 15) is 4.79 Å². The van der Waals surface area contributed by atoms with Crippen molar-refractivity contribution in [3.63, 3.8) is 0 Å². The smallest absolute Gasteiger partial charge is 0.238 e. The highest BCUT2D eigenvalue weighted by Gasteiger charge is 2.38. The number of benzene rings is 1. The molecule has 1 aromatic carbocycles. The number of carbonyl (C=O) groups excluding carboxylic acids is 1. The lowest BCUT2D eigenvalue weighted by atomic mass is 9.78. The van der Waals surface area contributed by atoms with Crippen molar-refractivity contribution in [1.82, 2.24) is 4.90 Å². The topological polar surface area (TPSA) is 67.6 Å². The fourth-order valence-electron chi connectivity index (χ4n) is 3.89. The number of hydrogen-bond acceptors (Lipinski definition) is 4. The maximum Gasteiger partial charge on any atom is 0.238 e. The predicted molar refractivity (Wildman–Crippen MR) is 91.9 cm³/mol. The van der Waals surface area contributed by atoms with E-state index in [4.69, 9.17) is 22.1 Å². The second kappa shape index (κ2) is 7.07. The number of ether oxygens (including phenoxy) is 1. The monoisotopic (exact) mass is 337 g/mol. The van der Waals surface area contributed by atoms with Crippen LogP contribution in [0.25, 0.3) is 0 Å². The number of nitrogens with zero attached hydrogens (tertiary/aromatic N) is 1. The minimum absolute atomic E-state index is 0.0153. The largest absolute Gasteiger partial charge is 0.495 e. The number of rotatable bonds is 4. The van der Waals surface area contributed by atoms with E-state index in [1.807, 2.05) is 0 Å². The molecule has 3 unspecified atom stereocenters. The molecule has 2 fully saturated rings. The van der Waals surface area contributed by atoms with Crippen LogP contribution in [-0.4, -0.2) is 43.6 Å². The summed E-state index contributed by atoms with van der Waals surface area (Å²) in [5.41, 5.74) is 6.92. The van der Waals surface area contributed by atoms with Gasteiger partial charge in [0.15, 0.2) is 0 Å². The molecule has 126 valence electrons. The number of methoxy groups -OCH3 is 1. The zero-order valence-electron chi connectivity index (χ0n) is 13.4. The number of fused-ring (bicyclic) bond motifs is 1. The van der Waals surface area contributed by atoms with E-state index in [1.54, 1.807) is 25.3 Å². The molecule has 1 saturated heterocycles. The van der Waals surface area contributed by atoms with Gasteiger partial charge in [-0.25, -0.2) is 0 Å². The highest BCUT2D eigenvalue weighted by Crippen LogP contribution is 2.35. The molecule has 1 aromatic rings. The normalized spacial score (nSPS) is 27.5. The molecule has 3 atom stereocenters. The second-order valence-corrected chi connectivity index (χ2v) is 7.02. The Morgan fingerprint density at radius 3 is 2.96 bits per heavy atom. The quantitative estimate of drug-likeness (QED) is 0.885. The number of halogens is 1. The van der Waals surface area contributed by atoms with Crippen molar-refractivity contribution >= 4 is 23.2 Å². The summed E-state index contributed by atoms with van der Waals surface area (Å²) in [5, 5.41) is 3.39. The Morgan fingerprint density at radius 1 is 1.43 bits per heavy atom. The number of likely N-dealkylation sites (tertiary alicyclic amines) is 1. The van der Waals surface area contributed by atoms with Crippen LogP contribution in [-0.2, 0) is 4.79 Å². The van der Waals surface area contributed by atoms with Crippen molar-refractivity contribution in [2.75, 3.05) is 32.1 Å². The van der Waals surface area contributed by atoms with Crippen LogP contribution in [0.2, 0.25) is 5.02 Å². The van der Waals surface area contributed by atoms with Crippen LogP contribution in [0.15, 0.2) is 18.2 Å². The number of nitrogens with one attached hydrogen (secondary N) is 1. The fraction of sp³-hybridized carbons (Fsp3) is 0.588. The summed E-state index contributed by atoms with van der Waals surface area (Å²) in [6.07, 6.45) is 3.57. The lowest BCUT2D eigenvalue weighted by Crippen LogP contribution is -2.38. The van der Waals surface area contributed by atoms with Crippen molar-refractivity contribution in [2.45, 2.75) is 25.3 Å². The number of carbonyl (C=O) groups is 1. The zero-order chi connectivity index (χ0) is 16.4. The van der Waals surface area contributed by atoms with Gasteiger partial charge in [-0.2, -0.15) is 0 Å². The lowest BCUT2D eigenvalue weighted by molar-refractivity contribution is -0.117. The molecule has 23 heavy (non-hydrogen) atoms. The molecule has 0 aromatic heterocycles. The molecule has 1 saturated carbocycles. The lowest BCUT2D eigenvalue weighted by Gasteiger charge is -2.29. The third-order valence-corrected chi connectivity index (χ3v) is 5.33. The molecule has 0 spiro atoms. The number of nitrogens with two attached hydrogens (primary N) is 1. The Morgan fingerprint density at radius 2 is 2.26 bits per heavy atom. The van der Waals surface area contributed by atoms with E-state index in [0.29, 0.717) is 40.9 Å². The van der Waals surface area contributed by atoms with Gasteiger partial charge >= 0.3 is 0 Å². The van der Waals surface area contributed by atoms with Crippen LogP contribution in [0.5, 0.6) is 5.75 Å². The van der Waals surface area contributed by atoms with Crippen LogP contribution < -0.4 is 15.8 Å². The molecule has 1 amide bonds. The molecule has 1 aliphatic heterocycles. The van der Waals surface area contributed by atoms with E-state index < -0.39 is 0 Å². The first-order valence-electron chi connectivity index (χ1n) is 8.18. The van der Waals surface area contributed by atoms with Crippen molar-refractivity contribution in [3.05, 3.63) is 23.2 Å². The first-order valence-corrected chi connectivity index (χ1v) is 8.56. The first-order chi connectivity index (χ1) is 11.1. The Balaban J connectivity index is 1.55. The van der Waals surface area contributed by atoms with E-state index in [1.165, 1.54) is 12.8 Å². The van der Waals surface area contributed by atoms with Gasteiger partial charge in [-0.1, -0.05) is 18.0 Å². The first kappa shape index (κ1) is 16.6. The summed E-state index contributed by atoms with van der Waals surface area (Å²) in [4.78, 5) is 14.5. The standard InChI is InChI=1S/C17H24ClN3O2/c1-23-16-6-5-12(7-14(16)18)20-17(22)10-21-8-11-3-2-4-15(19)13(11)9-21/h5-7,11,13,15H,2-4,8-10,19H2,1H3,(H,20,22). The summed E-state index contributed by atoms with van der Waals surface area (Å²) in [6, 6.07) is 5.55. The van der Waals surface area contributed by atoms with E-state index in [0.717, 1.165) is 19.5 Å². The average molecular weight is 338 g/mol. The molecule has 3 N–H and O–H groups in total. The number of hydrogen-bond donors (Lipinski definition) is 2. The van der Waals surface area contributed by atoms with Crippen molar-refractivity contribution in [2.24, 2.45) is 17.6 Å². The van der Waals surface area contributed by atoms with E-state index in [2.05, 4.69) is 10.2 Å². The highest BCUT2D eigenvalue weighted by molar-refractivity contribution is 6.32. The molecular weight excluding hydrogens is 314 g/mol. The van der Waals surface area contributed by atoms with Crippen molar-refractivity contribution < 1.29 is 9.53 Å². The summed E-state index contributed by atoms with van der Waals surface area (Å²) in [7, 11) is 1.57. The highest BCUT2D eigenvalue weighted by atomic mass is 35.5. The van der Waals surface area contributed by atoms with Crippen LogP contribution >= 0.6 is 11.6 Å². The van der Waals surface area contributed by atoms with Gasteiger partial charge in [0.05, 0.1) is 18.7 Å². The number of amides is 1. The number of anilines is 1. The van der Waals surface area contributed by atoms with Crippen molar-refractivity contribution in [3.8, 4) is 5.75 Å². The van der Waals surface area contributed by atoms with Gasteiger partial charge in [0.1, 0.15) is 5.75 Å². The van der Waals surface area contributed by atoms with E-state index in [-0.39, 0.29) is 5.91 Å². The van der Waals surface area contributed by atoms with Crippen LogP contribution in [0.1, 0.15) is 19.3 Å². The van der Waals surface area contributed by atoms with Gasteiger partial charge in [-0.3, -0.25) is 9.69 Å². The van der Waals surface area contributed by atoms with Gasteiger partial charge < -0.3 is 15.8 Å². The maximum atomic E-state index is 12.3. The van der Waals surface area contributed by atoms with Crippen molar-refractivity contribution in [1.29, 1.82) is 0 Å².